The molecule has 0 aliphatic heterocycles. The topological polar surface area (TPSA) is 35.0 Å². The van der Waals surface area contributed by atoms with Crippen LogP contribution in [0.25, 0.3) is 11.1 Å². The Hall–Kier alpha value is -1.90. The van der Waals surface area contributed by atoms with Gasteiger partial charge in [-0.25, -0.2) is 9.97 Å². The Morgan fingerprint density at radius 1 is 0.783 bits per heavy atom. The number of rotatable bonds is 10. The highest BCUT2D eigenvalue weighted by molar-refractivity contribution is 5.62. The maximum Gasteiger partial charge on any atom is 0.128 e. The summed E-state index contributed by atoms with van der Waals surface area (Å²) in [6.45, 7) is 5.20. The molecule has 0 saturated heterocycles. The highest BCUT2D eigenvalue weighted by Gasteiger charge is 2.02. The van der Waals surface area contributed by atoms with Crippen molar-refractivity contribution >= 4 is 0 Å². The summed E-state index contributed by atoms with van der Waals surface area (Å²) in [5, 5.41) is 0. The van der Waals surface area contributed by atoms with Gasteiger partial charge < -0.3 is 4.74 Å². The van der Waals surface area contributed by atoms with Crippen LogP contribution >= 0.6 is 0 Å². The Bertz CT molecular complexity index is 549. The minimum Gasteiger partial charge on any atom is -0.494 e. The summed E-state index contributed by atoms with van der Waals surface area (Å²) >= 11 is 0. The molecule has 0 N–H and O–H groups in total. The fraction of sp³-hybridized carbons (Fsp3) is 0.500. The summed E-state index contributed by atoms with van der Waals surface area (Å²) in [5.41, 5.74) is 2.19. The number of aryl methyl sites for hydroxylation is 1. The molecule has 3 heteroatoms. The van der Waals surface area contributed by atoms with Crippen molar-refractivity contribution in [2.45, 2.75) is 58.8 Å². The van der Waals surface area contributed by atoms with Gasteiger partial charge in [0, 0.05) is 24.4 Å². The van der Waals surface area contributed by atoms with Crippen molar-refractivity contribution in [3.8, 4) is 16.9 Å². The van der Waals surface area contributed by atoms with E-state index >= 15 is 0 Å². The number of hydrogen-bond acceptors (Lipinski definition) is 3. The second-order valence-electron chi connectivity index (χ2n) is 5.93. The molecule has 0 bridgehead atoms. The molecular formula is C20H28N2O. The first-order valence-electron chi connectivity index (χ1n) is 8.87. The summed E-state index contributed by atoms with van der Waals surface area (Å²) in [6, 6.07) is 8.20. The fourth-order valence-electron chi connectivity index (χ4n) is 2.45. The molecule has 3 nitrogen and oxygen atoms in total. The van der Waals surface area contributed by atoms with Crippen molar-refractivity contribution in [3.63, 3.8) is 0 Å². The predicted octanol–water partition coefficient (Wildman–Crippen LogP) is 5.45. The summed E-state index contributed by atoms with van der Waals surface area (Å²) in [6.07, 6.45) is 12.0. The van der Waals surface area contributed by atoms with Gasteiger partial charge in [0.05, 0.1) is 6.61 Å². The number of ether oxygens (including phenoxy) is 1. The Labute approximate surface area is 140 Å². The van der Waals surface area contributed by atoms with E-state index in [-0.39, 0.29) is 0 Å². The van der Waals surface area contributed by atoms with E-state index in [1.165, 1.54) is 32.1 Å². The summed E-state index contributed by atoms with van der Waals surface area (Å²) < 4.78 is 5.74. The lowest BCUT2D eigenvalue weighted by Crippen LogP contribution is -1.97. The molecule has 0 fully saturated rings. The zero-order chi connectivity index (χ0) is 16.3. The van der Waals surface area contributed by atoms with Crippen molar-refractivity contribution in [3.05, 3.63) is 42.5 Å². The van der Waals surface area contributed by atoms with Crippen molar-refractivity contribution in [1.82, 2.24) is 9.97 Å². The quantitative estimate of drug-likeness (QED) is 0.547. The van der Waals surface area contributed by atoms with Crippen molar-refractivity contribution in [2.75, 3.05) is 6.61 Å². The SMILES string of the molecule is CCCCCOc1ccc(-c2cnc(CCCCC)nc2)cc1. The van der Waals surface area contributed by atoms with Gasteiger partial charge >= 0.3 is 0 Å². The van der Waals surface area contributed by atoms with Crippen LogP contribution in [0.3, 0.4) is 0 Å². The Kier molecular flexibility index (Phi) is 7.58. The largest absolute Gasteiger partial charge is 0.494 e. The van der Waals surface area contributed by atoms with Crippen LogP contribution < -0.4 is 4.74 Å². The average Bonchev–Trinajstić information content (AvgIpc) is 2.60. The van der Waals surface area contributed by atoms with Gasteiger partial charge in [-0.15, -0.1) is 0 Å². The van der Waals surface area contributed by atoms with Crippen molar-refractivity contribution in [1.29, 1.82) is 0 Å². The second kappa shape index (κ2) is 9.98. The number of aromatic nitrogens is 2. The molecule has 23 heavy (non-hydrogen) atoms. The molecule has 0 aliphatic rings. The number of unbranched alkanes of at least 4 members (excludes halogenated alkanes) is 4. The van der Waals surface area contributed by atoms with Crippen LogP contribution in [0, 0.1) is 0 Å². The molecule has 124 valence electrons. The lowest BCUT2D eigenvalue weighted by molar-refractivity contribution is 0.306. The monoisotopic (exact) mass is 312 g/mol. The maximum atomic E-state index is 5.74. The molecule has 0 unspecified atom stereocenters. The molecule has 0 atom stereocenters. The van der Waals surface area contributed by atoms with E-state index in [0.717, 1.165) is 42.1 Å². The van der Waals surface area contributed by atoms with Gasteiger partial charge in [0.2, 0.25) is 0 Å². The van der Waals surface area contributed by atoms with Gasteiger partial charge in [-0.1, -0.05) is 51.7 Å². The molecule has 0 aliphatic carbocycles. The van der Waals surface area contributed by atoms with E-state index in [1.54, 1.807) is 0 Å². The van der Waals surface area contributed by atoms with Crippen LogP contribution in [0.15, 0.2) is 36.7 Å². The third-order valence-electron chi connectivity index (χ3n) is 3.91. The minimum absolute atomic E-state index is 0.794. The van der Waals surface area contributed by atoms with Crippen LogP contribution in [-0.4, -0.2) is 16.6 Å². The lowest BCUT2D eigenvalue weighted by Gasteiger charge is -2.07. The molecule has 2 aromatic rings. The van der Waals surface area contributed by atoms with E-state index in [9.17, 15) is 0 Å². The van der Waals surface area contributed by atoms with Crippen LogP contribution in [0.1, 0.15) is 58.2 Å². The number of benzene rings is 1. The summed E-state index contributed by atoms with van der Waals surface area (Å²) in [4.78, 5) is 8.95. The van der Waals surface area contributed by atoms with Crippen molar-refractivity contribution < 1.29 is 4.74 Å². The molecule has 0 saturated carbocycles. The predicted molar refractivity (Wildman–Crippen MR) is 95.7 cm³/mol. The van der Waals surface area contributed by atoms with Gasteiger partial charge in [-0.3, -0.25) is 0 Å². The van der Waals surface area contributed by atoms with E-state index in [2.05, 4.69) is 35.9 Å². The third kappa shape index (κ3) is 6.01. The van der Waals surface area contributed by atoms with Gasteiger partial charge in [0.15, 0.2) is 0 Å². The van der Waals surface area contributed by atoms with Gasteiger partial charge in [0.25, 0.3) is 0 Å². The van der Waals surface area contributed by atoms with E-state index < -0.39 is 0 Å². The first kappa shape index (κ1) is 17.5. The first-order chi connectivity index (χ1) is 11.3. The zero-order valence-corrected chi connectivity index (χ0v) is 14.4. The molecular weight excluding hydrogens is 284 g/mol. The molecule has 1 aromatic carbocycles. The normalized spacial score (nSPS) is 10.7. The lowest BCUT2D eigenvalue weighted by atomic mass is 10.1. The Balaban J connectivity index is 1.88. The smallest absolute Gasteiger partial charge is 0.128 e. The standard InChI is InChI=1S/C20H28N2O/c1-3-5-7-9-20-21-15-18(16-22-20)17-10-12-19(13-11-17)23-14-8-6-4-2/h10-13,15-16H,3-9,14H2,1-2H3. The molecule has 0 spiro atoms. The van der Waals surface area contributed by atoms with E-state index in [0.29, 0.717) is 0 Å². The molecule has 0 amide bonds. The van der Waals surface area contributed by atoms with E-state index in [4.69, 9.17) is 4.74 Å². The highest BCUT2D eigenvalue weighted by Crippen LogP contribution is 2.21. The van der Waals surface area contributed by atoms with Crippen molar-refractivity contribution in [2.24, 2.45) is 0 Å². The summed E-state index contributed by atoms with van der Waals surface area (Å²) in [7, 11) is 0. The summed E-state index contributed by atoms with van der Waals surface area (Å²) in [5.74, 6) is 1.88. The maximum absolute atomic E-state index is 5.74. The second-order valence-corrected chi connectivity index (χ2v) is 5.93. The molecule has 0 radical (unpaired) electrons. The number of hydrogen-bond donors (Lipinski definition) is 0. The Morgan fingerprint density at radius 2 is 1.43 bits per heavy atom. The van der Waals surface area contributed by atoms with Crippen LogP contribution in [0.5, 0.6) is 5.75 Å². The first-order valence-corrected chi connectivity index (χ1v) is 8.87. The number of nitrogens with zero attached hydrogens (tertiary/aromatic N) is 2. The fourth-order valence-corrected chi connectivity index (χ4v) is 2.45. The Morgan fingerprint density at radius 3 is 2.09 bits per heavy atom. The van der Waals surface area contributed by atoms with Gasteiger partial charge in [0.1, 0.15) is 11.6 Å². The van der Waals surface area contributed by atoms with Gasteiger partial charge in [-0.2, -0.15) is 0 Å². The molecule has 2 rings (SSSR count). The van der Waals surface area contributed by atoms with Crippen LogP contribution in [-0.2, 0) is 6.42 Å². The van der Waals surface area contributed by atoms with Crippen LogP contribution in [0.2, 0.25) is 0 Å². The third-order valence-corrected chi connectivity index (χ3v) is 3.91. The van der Waals surface area contributed by atoms with Gasteiger partial charge in [-0.05, 0) is 30.5 Å². The van der Waals surface area contributed by atoms with E-state index in [1.807, 2.05) is 24.5 Å². The molecule has 1 aromatic heterocycles. The zero-order valence-electron chi connectivity index (χ0n) is 14.4. The molecule has 1 heterocycles. The van der Waals surface area contributed by atoms with Crippen LogP contribution in [0.4, 0.5) is 0 Å². The minimum atomic E-state index is 0.794. The highest BCUT2D eigenvalue weighted by atomic mass is 16.5. The average molecular weight is 312 g/mol.